The van der Waals surface area contributed by atoms with Crippen LogP contribution in [0.4, 0.5) is 0 Å². The van der Waals surface area contributed by atoms with Gasteiger partial charge >= 0.3 is 5.63 Å². The van der Waals surface area contributed by atoms with E-state index < -0.39 is 5.63 Å². The van der Waals surface area contributed by atoms with Gasteiger partial charge in [0.2, 0.25) is 10.6 Å². The largest absolute Gasteiger partial charge is 0.403 e. The average molecular weight is 384 g/mol. The van der Waals surface area contributed by atoms with Crippen molar-refractivity contribution < 1.29 is 4.42 Å². The van der Waals surface area contributed by atoms with E-state index in [2.05, 4.69) is 9.97 Å². The average Bonchev–Trinajstić information content (AvgIpc) is 2.74. The highest BCUT2D eigenvalue weighted by molar-refractivity contribution is 7.13. The van der Waals surface area contributed by atoms with Crippen molar-refractivity contribution in [2.24, 2.45) is 0 Å². The number of benzene rings is 3. The highest BCUT2D eigenvalue weighted by Gasteiger charge is 2.10. The van der Waals surface area contributed by atoms with Gasteiger partial charge in [0.25, 0.3) is 0 Å². The molecule has 0 aliphatic heterocycles. The van der Waals surface area contributed by atoms with Gasteiger partial charge in [0.15, 0.2) is 0 Å². The van der Waals surface area contributed by atoms with E-state index in [0.29, 0.717) is 32.4 Å². The van der Waals surface area contributed by atoms with Gasteiger partial charge in [-0.15, -0.1) is 0 Å². The van der Waals surface area contributed by atoms with E-state index in [-0.39, 0.29) is 10.6 Å². The Morgan fingerprint density at radius 1 is 0.679 bits per heavy atom. The van der Waals surface area contributed by atoms with Gasteiger partial charge in [0.05, 0.1) is 21.8 Å². The molecule has 0 fully saturated rings. The smallest absolute Gasteiger partial charge is 0.347 e. The lowest BCUT2D eigenvalue weighted by atomic mass is 10.1. The van der Waals surface area contributed by atoms with Crippen molar-refractivity contribution in [1.82, 2.24) is 9.97 Å². The molecular weight excluding hydrogens is 372 g/mol. The zero-order valence-electron chi connectivity index (χ0n) is 14.5. The molecule has 0 spiro atoms. The summed E-state index contributed by atoms with van der Waals surface area (Å²) >= 11 is 1.11. The lowest BCUT2D eigenvalue weighted by Gasteiger charge is -2.04. The molecule has 5 rings (SSSR count). The van der Waals surface area contributed by atoms with Gasteiger partial charge in [-0.3, -0.25) is 4.79 Å². The van der Waals surface area contributed by atoms with Crippen molar-refractivity contribution in [2.45, 2.75) is 0 Å². The summed E-state index contributed by atoms with van der Waals surface area (Å²) in [5, 5.41) is 1.71. The summed E-state index contributed by atoms with van der Waals surface area (Å²) in [6, 6.07) is 21.7. The van der Waals surface area contributed by atoms with Crippen LogP contribution in [-0.4, -0.2) is 9.97 Å². The molecule has 0 unspecified atom stereocenters. The van der Waals surface area contributed by atoms with Crippen molar-refractivity contribution in [2.75, 3.05) is 0 Å². The maximum absolute atomic E-state index is 12.3. The van der Waals surface area contributed by atoms with E-state index in [4.69, 9.17) is 4.42 Å². The second-order valence-corrected chi connectivity index (χ2v) is 7.19. The van der Waals surface area contributed by atoms with Crippen LogP contribution >= 0.6 is 11.3 Å². The third-order valence-corrected chi connectivity index (χ3v) is 5.38. The SMILES string of the molecule is O=c1oc(-c2ccc(-c3nc4ccccc4c(=O)s3)cc2)nc2ccccc12. The Balaban J connectivity index is 1.58. The minimum Gasteiger partial charge on any atom is -0.403 e. The zero-order chi connectivity index (χ0) is 19.1. The van der Waals surface area contributed by atoms with E-state index >= 15 is 0 Å². The van der Waals surface area contributed by atoms with E-state index in [1.165, 1.54) is 0 Å². The monoisotopic (exact) mass is 384 g/mol. The van der Waals surface area contributed by atoms with Crippen molar-refractivity contribution in [3.8, 4) is 22.0 Å². The molecule has 0 atom stereocenters. The van der Waals surface area contributed by atoms with Gasteiger partial charge in [-0.25, -0.2) is 14.8 Å². The molecule has 0 saturated heterocycles. The summed E-state index contributed by atoms with van der Waals surface area (Å²) in [7, 11) is 0. The first-order chi connectivity index (χ1) is 13.7. The fourth-order valence-corrected chi connectivity index (χ4v) is 3.90. The van der Waals surface area contributed by atoms with Crippen LogP contribution in [0.5, 0.6) is 0 Å². The summed E-state index contributed by atoms with van der Waals surface area (Å²) in [6.45, 7) is 0. The highest BCUT2D eigenvalue weighted by atomic mass is 32.1. The molecule has 134 valence electrons. The molecule has 28 heavy (non-hydrogen) atoms. The predicted octanol–water partition coefficient (Wildman–Crippen LogP) is 4.49. The van der Waals surface area contributed by atoms with Crippen LogP contribution < -0.4 is 10.4 Å². The molecular formula is C22H12N2O3S. The summed E-state index contributed by atoms with van der Waals surface area (Å²) in [5.41, 5.74) is 2.35. The van der Waals surface area contributed by atoms with E-state index in [0.717, 1.165) is 16.9 Å². The molecule has 0 bridgehead atoms. The number of para-hydroxylation sites is 2. The van der Waals surface area contributed by atoms with Crippen LogP contribution in [0.15, 0.2) is 86.8 Å². The molecule has 5 nitrogen and oxygen atoms in total. The quantitative estimate of drug-likeness (QED) is 0.448. The fraction of sp³-hybridized carbons (Fsp3) is 0. The molecule has 0 N–H and O–H groups in total. The Bertz CT molecular complexity index is 1340. The first kappa shape index (κ1) is 16.5. The van der Waals surface area contributed by atoms with Gasteiger partial charge in [-0.2, -0.15) is 0 Å². The fourth-order valence-electron chi connectivity index (χ4n) is 3.04. The van der Waals surface area contributed by atoms with Gasteiger partial charge < -0.3 is 4.42 Å². The topological polar surface area (TPSA) is 73.1 Å². The first-order valence-corrected chi connectivity index (χ1v) is 9.41. The molecule has 3 aromatic carbocycles. The molecule has 6 heteroatoms. The Hall–Kier alpha value is -3.64. The number of hydrogen-bond acceptors (Lipinski definition) is 6. The Kier molecular flexibility index (Phi) is 3.84. The van der Waals surface area contributed by atoms with Crippen LogP contribution in [0.2, 0.25) is 0 Å². The second-order valence-electron chi connectivity index (χ2n) is 6.22. The molecule has 2 heterocycles. The lowest BCUT2D eigenvalue weighted by molar-refractivity contribution is 0.518. The summed E-state index contributed by atoms with van der Waals surface area (Å²) in [4.78, 5) is 33.5. The van der Waals surface area contributed by atoms with Crippen LogP contribution in [-0.2, 0) is 0 Å². The zero-order valence-corrected chi connectivity index (χ0v) is 15.3. The van der Waals surface area contributed by atoms with Crippen LogP contribution in [0, 0.1) is 0 Å². The Morgan fingerprint density at radius 3 is 2.04 bits per heavy atom. The van der Waals surface area contributed by atoms with E-state index in [1.807, 2.05) is 48.5 Å². The minimum atomic E-state index is -0.418. The number of hydrogen-bond donors (Lipinski definition) is 0. The van der Waals surface area contributed by atoms with Crippen molar-refractivity contribution >= 4 is 33.1 Å². The first-order valence-electron chi connectivity index (χ1n) is 8.60. The molecule has 0 saturated carbocycles. The van der Waals surface area contributed by atoms with E-state index in [1.54, 1.807) is 24.3 Å². The van der Waals surface area contributed by atoms with E-state index in [9.17, 15) is 9.59 Å². The summed E-state index contributed by atoms with van der Waals surface area (Å²) < 4.78 is 5.35. The van der Waals surface area contributed by atoms with Gasteiger partial charge in [-0.1, -0.05) is 47.7 Å². The summed E-state index contributed by atoms with van der Waals surface area (Å²) in [5.74, 6) is 0.259. The minimum absolute atomic E-state index is 0.0214. The summed E-state index contributed by atoms with van der Waals surface area (Å²) in [6.07, 6.45) is 0. The normalized spacial score (nSPS) is 11.1. The van der Waals surface area contributed by atoms with Crippen molar-refractivity contribution in [3.05, 3.63) is 92.8 Å². The molecule has 0 amide bonds. The van der Waals surface area contributed by atoms with Crippen LogP contribution in [0.1, 0.15) is 0 Å². The number of fused-ring (bicyclic) bond motifs is 2. The van der Waals surface area contributed by atoms with Crippen molar-refractivity contribution in [3.63, 3.8) is 0 Å². The van der Waals surface area contributed by atoms with Gasteiger partial charge in [-0.05, 0) is 36.4 Å². The number of rotatable bonds is 2. The van der Waals surface area contributed by atoms with Gasteiger partial charge in [0, 0.05) is 11.1 Å². The number of aromatic nitrogens is 2. The lowest BCUT2D eigenvalue weighted by Crippen LogP contribution is -2.02. The third kappa shape index (κ3) is 2.80. The van der Waals surface area contributed by atoms with Crippen molar-refractivity contribution in [1.29, 1.82) is 0 Å². The Morgan fingerprint density at radius 2 is 1.29 bits per heavy atom. The molecule has 0 radical (unpaired) electrons. The molecule has 2 aromatic heterocycles. The second kappa shape index (κ2) is 6.51. The molecule has 0 aliphatic rings. The Labute approximate surface area is 162 Å². The van der Waals surface area contributed by atoms with Crippen LogP contribution in [0.25, 0.3) is 43.8 Å². The maximum atomic E-state index is 12.3. The maximum Gasteiger partial charge on any atom is 0.347 e. The number of nitrogens with zero attached hydrogens (tertiary/aromatic N) is 2. The highest BCUT2D eigenvalue weighted by Crippen LogP contribution is 2.25. The van der Waals surface area contributed by atoms with Gasteiger partial charge in [0.1, 0.15) is 5.01 Å². The third-order valence-electron chi connectivity index (χ3n) is 4.45. The van der Waals surface area contributed by atoms with Crippen LogP contribution in [0.3, 0.4) is 0 Å². The standard InChI is InChI=1S/C22H12N2O3S/c25-21-15-5-1-3-7-17(15)23-19(27-21)13-9-11-14(12-10-13)20-24-18-8-4-2-6-16(18)22(26)28-20/h1-12H. The molecule has 0 aliphatic carbocycles. The predicted molar refractivity (Wildman–Crippen MR) is 111 cm³/mol. The molecule has 5 aromatic rings.